The fraction of sp³-hybridized carbons (Fsp3) is 0.0233. The Morgan fingerprint density at radius 2 is 0.761 bits per heavy atom. The zero-order valence-electron chi connectivity index (χ0n) is 25.3. The third kappa shape index (κ3) is 4.51. The average Bonchev–Trinajstić information content (AvgIpc) is 3.69. The number of rotatable bonds is 5. The molecule has 2 aromatic heterocycles. The van der Waals surface area contributed by atoms with Crippen LogP contribution in [0.5, 0.6) is 0 Å². The first kappa shape index (κ1) is 27.1. The van der Waals surface area contributed by atoms with E-state index in [0.29, 0.717) is 0 Å². The standard InChI is InChI=1S/C43H29NS2/c1-28-16-22-31(23-17-28)44(32-24-18-29(19-25-32)34-10-6-12-38-36-8-2-4-14-40(36)45-42(34)38)33-26-20-30(21-27-33)35-11-7-13-39-37-9-3-5-15-41(37)46-43(35)39/h2-27H,1H3. The van der Waals surface area contributed by atoms with Gasteiger partial charge in [0, 0.05) is 57.4 Å². The molecule has 218 valence electrons. The quantitative estimate of drug-likeness (QED) is 0.184. The lowest BCUT2D eigenvalue weighted by atomic mass is 10.0. The van der Waals surface area contributed by atoms with Crippen LogP contribution in [-0.4, -0.2) is 0 Å². The highest BCUT2D eigenvalue weighted by Crippen LogP contribution is 2.43. The fourth-order valence-electron chi connectivity index (χ4n) is 6.67. The minimum atomic E-state index is 1.13. The van der Waals surface area contributed by atoms with Gasteiger partial charge < -0.3 is 4.90 Å². The topological polar surface area (TPSA) is 3.24 Å². The van der Waals surface area contributed by atoms with E-state index in [1.807, 2.05) is 22.7 Å². The van der Waals surface area contributed by atoms with Crippen molar-refractivity contribution in [2.75, 3.05) is 4.90 Å². The zero-order valence-corrected chi connectivity index (χ0v) is 26.9. The van der Waals surface area contributed by atoms with Gasteiger partial charge in [0.05, 0.1) is 0 Å². The first-order chi connectivity index (χ1) is 22.7. The number of aryl methyl sites for hydroxylation is 1. The van der Waals surface area contributed by atoms with Crippen molar-refractivity contribution in [1.29, 1.82) is 0 Å². The summed E-state index contributed by atoms with van der Waals surface area (Å²) in [5.41, 5.74) is 9.70. The van der Waals surface area contributed by atoms with Gasteiger partial charge in [-0.25, -0.2) is 0 Å². The molecule has 0 radical (unpaired) electrons. The van der Waals surface area contributed by atoms with E-state index in [2.05, 4.69) is 170 Å². The van der Waals surface area contributed by atoms with Crippen LogP contribution >= 0.6 is 22.7 Å². The minimum absolute atomic E-state index is 1.13. The molecule has 0 aliphatic carbocycles. The van der Waals surface area contributed by atoms with Crippen LogP contribution in [0.1, 0.15) is 5.56 Å². The Bertz CT molecular complexity index is 2360. The summed E-state index contributed by atoms with van der Waals surface area (Å²) in [6.45, 7) is 2.14. The molecule has 7 aromatic carbocycles. The lowest BCUT2D eigenvalue weighted by Crippen LogP contribution is -2.09. The molecule has 0 saturated carbocycles. The first-order valence-corrected chi connectivity index (χ1v) is 17.2. The van der Waals surface area contributed by atoms with Gasteiger partial charge in [0.1, 0.15) is 0 Å². The Balaban J connectivity index is 1.11. The number of nitrogens with zero attached hydrogens (tertiary/aromatic N) is 1. The van der Waals surface area contributed by atoms with Gasteiger partial charge in [0.2, 0.25) is 0 Å². The van der Waals surface area contributed by atoms with E-state index >= 15 is 0 Å². The van der Waals surface area contributed by atoms with Crippen molar-refractivity contribution >= 4 is 80.1 Å². The number of thiophene rings is 2. The zero-order chi connectivity index (χ0) is 30.6. The predicted octanol–water partition coefficient (Wildman–Crippen LogP) is 13.5. The number of benzene rings is 7. The van der Waals surface area contributed by atoms with Gasteiger partial charge in [-0.05, 0) is 77.7 Å². The smallest absolute Gasteiger partial charge is 0.0462 e. The maximum Gasteiger partial charge on any atom is 0.0462 e. The molecular weight excluding hydrogens is 595 g/mol. The van der Waals surface area contributed by atoms with Crippen molar-refractivity contribution in [2.45, 2.75) is 6.92 Å². The van der Waals surface area contributed by atoms with Crippen LogP contribution in [-0.2, 0) is 0 Å². The molecule has 3 heteroatoms. The van der Waals surface area contributed by atoms with Gasteiger partial charge in [-0.1, -0.05) is 115 Å². The van der Waals surface area contributed by atoms with E-state index in [9.17, 15) is 0 Å². The number of anilines is 3. The molecule has 0 saturated heterocycles. The highest BCUT2D eigenvalue weighted by Gasteiger charge is 2.16. The van der Waals surface area contributed by atoms with Crippen LogP contribution < -0.4 is 4.90 Å². The first-order valence-electron chi connectivity index (χ1n) is 15.6. The van der Waals surface area contributed by atoms with Crippen LogP contribution in [0.2, 0.25) is 0 Å². The summed E-state index contributed by atoms with van der Waals surface area (Å²) in [5.74, 6) is 0. The average molecular weight is 624 g/mol. The third-order valence-electron chi connectivity index (χ3n) is 8.97. The molecule has 0 bridgehead atoms. The Kier molecular flexibility index (Phi) is 6.48. The van der Waals surface area contributed by atoms with Crippen LogP contribution in [0.3, 0.4) is 0 Å². The molecule has 0 N–H and O–H groups in total. The lowest BCUT2D eigenvalue weighted by Gasteiger charge is -2.26. The summed E-state index contributed by atoms with van der Waals surface area (Å²) in [7, 11) is 0. The summed E-state index contributed by atoms with van der Waals surface area (Å²) in [5, 5.41) is 5.32. The van der Waals surface area contributed by atoms with E-state index in [-0.39, 0.29) is 0 Å². The van der Waals surface area contributed by atoms with Crippen LogP contribution in [0, 0.1) is 6.92 Å². The maximum atomic E-state index is 2.35. The molecule has 46 heavy (non-hydrogen) atoms. The summed E-state index contributed by atoms with van der Waals surface area (Å²) >= 11 is 3.76. The molecule has 0 spiro atoms. The van der Waals surface area contributed by atoms with E-state index < -0.39 is 0 Å². The Labute approximate surface area is 276 Å². The molecule has 9 aromatic rings. The van der Waals surface area contributed by atoms with Crippen molar-refractivity contribution in [3.63, 3.8) is 0 Å². The maximum absolute atomic E-state index is 2.35. The minimum Gasteiger partial charge on any atom is -0.311 e. The van der Waals surface area contributed by atoms with E-state index in [1.165, 1.54) is 68.2 Å². The highest BCUT2D eigenvalue weighted by molar-refractivity contribution is 7.26. The molecule has 1 nitrogen and oxygen atoms in total. The SMILES string of the molecule is Cc1ccc(N(c2ccc(-c3cccc4c3sc3ccccc34)cc2)c2ccc(-c3cccc4c3sc3ccccc34)cc2)cc1. The molecule has 0 fully saturated rings. The van der Waals surface area contributed by atoms with Crippen LogP contribution in [0.4, 0.5) is 17.1 Å². The van der Waals surface area contributed by atoms with Crippen molar-refractivity contribution in [3.8, 4) is 22.3 Å². The summed E-state index contributed by atoms with van der Waals surface area (Å²) in [4.78, 5) is 2.35. The number of hydrogen-bond donors (Lipinski definition) is 0. The van der Waals surface area contributed by atoms with Gasteiger partial charge in [-0.15, -0.1) is 22.7 Å². The van der Waals surface area contributed by atoms with Crippen molar-refractivity contribution in [2.24, 2.45) is 0 Å². The second-order valence-corrected chi connectivity index (χ2v) is 13.9. The Morgan fingerprint density at radius 1 is 0.370 bits per heavy atom. The molecule has 0 aliphatic heterocycles. The molecule has 2 heterocycles. The summed E-state index contributed by atoms with van der Waals surface area (Å²) in [6.07, 6.45) is 0. The van der Waals surface area contributed by atoms with Gasteiger partial charge in [-0.2, -0.15) is 0 Å². The predicted molar refractivity (Wildman–Crippen MR) is 203 cm³/mol. The lowest BCUT2D eigenvalue weighted by molar-refractivity contribution is 1.28. The fourth-order valence-corrected chi connectivity index (χ4v) is 9.15. The molecule has 0 unspecified atom stereocenters. The van der Waals surface area contributed by atoms with E-state index in [4.69, 9.17) is 0 Å². The normalized spacial score (nSPS) is 11.6. The van der Waals surface area contributed by atoms with Gasteiger partial charge >= 0.3 is 0 Å². The summed E-state index contributed by atoms with van der Waals surface area (Å²) < 4.78 is 5.35. The Morgan fingerprint density at radius 3 is 1.22 bits per heavy atom. The Hall–Kier alpha value is -5.22. The van der Waals surface area contributed by atoms with Crippen molar-refractivity contribution in [3.05, 3.63) is 163 Å². The van der Waals surface area contributed by atoms with Crippen LogP contribution in [0.15, 0.2) is 158 Å². The van der Waals surface area contributed by atoms with Crippen LogP contribution in [0.25, 0.3) is 62.6 Å². The molecule has 0 atom stereocenters. The van der Waals surface area contributed by atoms with E-state index in [1.54, 1.807) is 0 Å². The second-order valence-electron chi connectivity index (χ2n) is 11.8. The largest absolute Gasteiger partial charge is 0.311 e. The highest BCUT2D eigenvalue weighted by atomic mass is 32.1. The van der Waals surface area contributed by atoms with Gasteiger partial charge in [-0.3, -0.25) is 0 Å². The number of fused-ring (bicyclic) bond motifs is 6. The molecule has 0 amide bonds. The monoisotopic (exact) mass is 623 g/mol. The molecule has 9 rings (SSSR count). The third-order valence-corrected chi connectivity index (χ3v) is 11.4. The molecule has 0 aliphatic rings. The second kappa shape index (κ2) is 11.0. The van der Waals surface area contributed by atoms with Crippen molar-refractivity contribution < 1.29 is 0 Å². The van der Waals surface area contributed by atoms with E-state index in [0.717, 1.165) is 17.1 Å². The molecular formula is C43H29NS2. The van der Waals surface area contributed by atoms with Crippen molar-refractivity contribution in [1.82, 2.24) is 0 Å². The van der Waals surface area contributed by atoms with Gasteiger partial charge in [0.15, 0.2) is 0 Å². The summed E-state index contributed by atoms with van der Waals surface area (Å²) in [6, 6.07) is 57.7. The van der Waals surface area contributed by atoms with Gasteiger partial charge in [0.25, 0.3) is 0 Å². The number of hydrogen-bond acceptors (Lipinski definition) is 3.